The molecule has 0 saturated carbocycles. The van der Waals surface area contributed by atoms with Crippen LogP contribution in [0.4, 0.5) is 17.1 Å². The van der Waals surface area contributed by atoms with E-state index in [1.807, 2.05) is 37.2 Å². The van der Waals surface area contributed by atoms with Crippen molar-refractivity contribution in [1.29, 1.82) is 5.26 Å². The van der Waals surface area contributed by atoms with Crippen LogP contribution in [0.1, 0.15) is 5.76 Å². The van der Waals surface area contributed by atoms with Crippen molar-refractivity contribution < 1.29 is 14.1 Å². The van der Waals surface area contributed by atoms with E-state index in [2.05, 4.69) is 5.32 Å². The van der Waals surface area contributed by atoms with Crippen LogP contribution in [0.5, 0.6) is 0 Å². The third kappa shape index (κ3) is 4.72. The van der Waals surface area contributed by atoms with Crippen LogP contribution >= 0.6 is 0 Å². The second-order valence-electron chi connectivity index (χ2n) is 6.57. The Morgan fingerprint density at radius 2 is 1.90 bits per heavy atom. The van der Waals surface area contributed by atoms with Gasteiger partial charge in [0.2, 0.25) is 0 Å². The zero-order valence-corrected chi connectivity index (χ0v) is 16.3. The van der Waals surface area contributed by atoms with Gasteiger partial charge in [-0.15, -0.1) is 0 Å². The Hall–Kier alpha value is -4.38. The Morgan fingerprint density at radius 3 is 2.53 bits per heavy atom. The van der Waals surface area contributed by atoms with E-state index >= 15 is 0 Å². The molecule has 8 heteroatoms. The van der Waals surface area contributed by atoms with Crippen LogP contribution in [0.3, 0.4) is 0 Å². The second-order valence-corrected chi connectivity index (χ2v) is 6.57. The van der Waals surface area contributed by atoms with Gasteiger partial charge in [0.05, 0.1) is 4.92 Å². The molecular formula is C22H18N4O4. The number of nitrogens with zero attached hydrogens (tertiary/aromatic N) is 3. The van der Waals surface area contributed by atoms with E-state index in [9.17, 15) is 20.2 Å². The van der Waals surface area contributed by atoms with Crippen molar-refractivity contribution in [2.75, 3.05) is 24.3 Å². The number of nitrogens with one attached hydrogen (secondary N) is 1. The number of furan rings is 1. The van der Waals surface area contributed by atoms with Gasteiger partial charge in [0.1, 0.15) is 23.2 Å². The van der Waals surface area contributed by atoms with E-state index in [-0.39, 0.29) is 17.0 Å². The zero-order chi connectivity index (χ0) is 21.7. The molecule has 0 saturated heterocycles. The summed E-state index contributed by atoms with van der Waals surface area (Å²) in [7, 11) is 3.82. The fourth-order valence-corrected chi connectivity index (χ4v) is 2.69. The Balaban J connectivity index is 1.78. The molecule has 0 aliphatic rings. The summed E-state index contributed by atoms with van der Waals surface area (Å²) >= 11 is 0. The summed E-state index contributed by atoms with van der Waals surface area (Å²) in [6, 6.07) is 18.3. The molecule has 0 aliphatic heterocycles. The van der Waals surface area contributed by atoms with Gasteiger partial charge in [0, 0.05) is 49.2 Å². The van der Waals surface area contributed by atoms with Crippen molar-refractivity contribution in [1.82, 2.24) is 0 Å². The van der Waals surface area contributed by atoms with Gasteiger partial charge in [-0.05, 0) is 36.4 Å². The molecule has 8 nitrogen and oxygen atoms in total. The third-order valence-electron chi connectivity index (χ3n) is 4.26. The first-order chi connectivity index (χ1) is 14.4. The Bertz CT molecular complexity index is 1150. The van der Waals surface area contributed by atoms with Gasteiger partial charge in [0.25, 0.3) is 11.6 Å². The number of amides is 1. The number of non-ortho nitro benzene ring substituents is 1. The standard InChI is InChI=1S/C22H18N4O4/c1-25(2)18-8-6-17(7-9-18)24-22(27)16(14-23)13-20-10-11-21(30-20)15-4-3-5-19(12-15)26(28)29/h3-13H,1-2H3,(H,24,27). The summed E-state index contributed by atoms with van der Waals surface area (Å²) in [6.45, 7) is 0. The fourth-order valence-electron chi connectivity index (χ4n) is 2.69. The fraction of sp³-hybridized carbons (Fsp3) is 0.0909. The van der Waals surface area contributed by atoms with Gasteiger partial charge >= 0.3 is 0 Å². The number of nitro groups is 1. The molecule has 1 amide bonds. The van der Waals surface area contributed by atoms with Gasteiger partial charge in [-0.1, -0.05) is 12.1 Å². The normalized spacial score (nSPS) is 10.9. The monoisotopic (exact) mass is 402 g/mol. The number of carbonyl (C=O) groups excluding carboxylic acids is 1. The van der Waals surface area contributed by atoms with Crippen molar-refractivity contribution in [2.45, 2.75) is 0 Å². The first-order valence-electron chi connectivity index (χ1n) is 8.92. The molecule has 1 aromatic heterocycles. The summed E-state index contributed by atoms with van der Waals surface area (Å²) in [5, 5.41) is 23.0. The molecule has 2 aromatic carbocycles. The summed E-state index contributed by atoms with van der Waals surface area (Å²) in [6.07, 6.45) is 1.32. The first-order valence-corrected chi connectivity index (χ1v) is 8.92. The van der Waals surface area contributed by atoms with Gasteiger partial charge in [0.15, 0.2) is 0 Å². The Kier molecular flexibility index (Phi) is 5.94. The maximum atomic E-state index is 12.4. The van der Waals surface area contributed by atoms with Crippen LogP contribution < -0.4 is 10.2 Å². The Morgan fingerprint density at radius 1 is 1.17 bits per heavy atom. The highest BCUT2D eigenvalue weighted by Crippen LogP contribution is 2.26. The number of nitriles is 1. The number of benzene rings is 2. The maximum Gasteiger partial charge on any atom is 0.270 e. The minimum absolute atomic E-state index is 0.0571. The zero-order valence-electron chi connectivity index (χ0n) is 16.3. The lowest BCUT2D eigenvalue weighted by Crippen LogP contribution is -2.14. The second kappa shape index (κ2) is 8.75. The van der Waals surface area contributed by atoms with E-state index in [1.165, 1.54) is 18.2 Å². The maximum absolute atomic E-state index is 12.4. The summed E-state index contributed by atoms with van der Waals surface area (Å²) < 4.78 is 5.64. The number of carbonyl (C=O) groups is 1. The van der Waals surface area contributed by atoms with Crippen molar-refractivity contribution in [3.63, 3.8) is 0 Å². The van der Waals surface area contributed by atoms with Gasteiger partial charge in [-0.3, -0.25) is 14.9 Å². The lowest BCUT2D eigenvalue weighted by Gasteiger charge is -2.12. The molecule has 3 rings (SSSR count). The molecule has 0 spiro atoms. The van der Waals surface area contributed by atoms with E-state index < -0.39 is 10.8 Å². The predicted octanol–water partition coefficient (Wildman–Crippen LogP) is 4.47. The molecule has 1 N–H and O–H groups in total. The third-order valence-corrected chi connectivity index (χ3v) is 4.26. The van der Waals surface area contributed by atoms with Crippen LogP contribution in [0.2, 0.25) is 0 Å². The molecule has 0 radical (unpaired) electrons. The summed E-state index contributed by atoms with van der Waals surface area (Å²) in [4.78, 5) is 24.8. The quantitative estimate of drug-likeness (QED) is 0.282. The average molecular weight is 402 g/mol. The molecule has 30 heavy (non-hydrogen) atoms. The lowest BCUT2D eigenvalue weighted by molar-refractivity contribution is -0.384. The van der Waals surface area contributed by atoms with Crippen LogP contribution in [0, 0.1) is 21.4 Å². The molecule has 0 unspecified atom stereocenters. The van der Waals surface area contributed by atoms with Gasteiger partial charge < -0.3 is 14.6 Å². The molecular weight excluding hydrogens is 384 g/mol. The van der Waals surface area contributed by atoms with Gasteiger partial charge in [-0.2, -0.15) is 5.26 Å². The molecule has 0 aliphatic carbocycles. The predicted molar refractivity (Wildman–Crippen MR) is 114 cm³/mol. The highest BCUT2D eigenvalue weighted by Gasteiger charge is 2.13. The van der Waals surface area contributed by atoms with Crippen LogP contribution in [-0.2, 0) is 4.79 Å². The number of anilines is 2. The van der Waals surface area contributed by atoms with E-state index in [0.717, 1.165) is 5.69 Å². The highest BCUT2D eigenvalue weighted by molar-refractivity contribution is 6.09. The van der Waals surface area contributed by atoms with Crippen LogP contribution in [0.25, 0.3) is 17.4 Å². The van der Waals surface area contributed by atoms with Crippen molar-refractivity contribution in [3.8, 4) is 17.4 Å². The van der Waals surface area contributed by atoms with E-state index in [4.69, 9.17) is 4.42 Å². The molecule has 150 valence electrons. The lowest BCUT2D eigenvalue weighted by atomic mass is 10.1. The van der Waals surface area contributed by atoms with Gasteiger partial charge in [-0.25, -0.2) is 0 Å². The number of rotatable bonds is 6. The molecule has 0 bridgehead atoms. The SMILES string of the molecule is CN(C)c1ccc(NC(=O)C(C#N)=Cc2ccc(-c3cccc([N+](=O)[O-])c3)o2)cc1. The topological polar surface area (TPSA) is 112 Å². The first kappa shape index (κ1) is 20.4. The highest BCUT2D eigenvalue weighted by atomic mass is 16.6. The van der Waals surface area contributed by atoms with E-state index in [1.54, 1.807) is 36.4 Å². The van der Waals surface area contributed by atoms with Crippen molar-refractivity contribution >= 4 is 29.0 Å². The summed E-state index contributed by atoms with van der Waals surface area (Å²) in [5.41, 5.74) is 1.87. The average Bonchev–Trinajstić information content (AvgIpc) is 3.21. The number of nitro benzene ring substituents is 1. The van der Waals surface area contributed by atoms with Crippen LogP contribution in [-0.4, -0.2) is 24.9 Å². The number of hydrogen-bond donors (Lipinski definition) is 1. The van der Waals surface area contributed by atoms with Crippen LogP contribution in [0.15, 0.2) is 70.7 Å². The van der Waals surface area contributed by atoms with E-state index in [0.29, 0.717) is 17.0 Å². The van der Waals surface area contributed by atoms with Crippen molar-refractivity contribution in [3.05, 3.63) is 82.1 Å². The molecule has 3 aromatic rings. The number of hydrogen-bond acceptors (Lipinski definition) is 6. The summed E-state index contributed by atoms with van der Waals surface area (Å²) in [5.74, 6) is 0.108. The molecule has 0 atom stereocenters. The molecule has 1 heterocycles. The Labute approximate surface area is 172 Å². The molecule has 0 fully saturated rings. The minimum Gasteiger partial charge on any atom is -0.457 e. The minimum atomic E-state index is -0.566. The smallest absolute Gasteiger partial charge is 0.270 e. The van der Waals surface area contributed by atoms with Crippen molar-refractivity contribution in [2.24, 2.45) is 0 Å². The largest absolute Gasteiger partial charge is 0.457 e.